The predicted molar refractivity (Wildman–Crippen MR) is 332 cm³/mol. The van der Waals surface area contributed by atoms with Gasteiger partial charge in [0.2, 0.25) is 52.2 Å². The van der Waals surface area contributed by atoms with Gasteiger partial charge in [-0.25, -0.2) is 22.0 Å². The van der Waals surface area contributed by atoms with E-state index in [0.717, 1.165) is 79.9 Å². The van der Waals surface area contributed by atoms with E-state index in [2.05, 4.69) is 95.9 Å². The highest BCUT2D eigenvalue weighted by Crippen LogP contribution is 2.16. The number of nitrogens with zero attached hydrogens (tertiary/aromatic N) is 9. The van der Waals surface area contributed by atoms with Gasteiger partial charge in [0.05, 0.1) is 0 Å². The molecular formula is C57H72Cl4F5N17O. The maximum Gasteiger partial charge on any atom is 0.229 e. The van der Waals surface area contributed by atoms with Gasteiger partial charge in [0.25, 0.3) is 0 Å². The van der Waals surface area contributed by atoms with Gasteiger partial charge >= 0.3 is 0 Å². The number of aromatic nitrogens is 9. The third-order valence-corrected chi connectivity index (χ3v) is 10.8. The average Bonchev–Trinajstić information content (AvgIpc) is 3.61. The van der Waals surface area contributed by atoms with Crippen LogP contribution in [0.15, 0.2) is 121 Å². The van der Waals surface area contributed by atoms with Crippen LogP contribution in [0.25, 0.3) is 0 Å². The molecule has 27 heteroatoms. The number of benzene rings is 5. The molecule has 3 aromatic heterocycles. The molecule has 5 aromatic carbocycles. The topological polar surface area (TPSA) is 235 Å². The van der Waals surface area contributed by atoms with Crippen molar-refractivity contribution < 1.29 is 26.7 Å². The molecule has 3 heterocycles. The van der Waals surface area contributed by atoms with E-state index < -0.39 is 0 Å². The lowest BCUT2D eigenvalue weighted by atomic mass is 10.2. The predicted octanol–water partition coefficient (Wildman–Crippen LogP) is 13.6. The van der Waals surface area contributed by atoms with Crippen molar-refractivity contribution in [2.45, 2.75) is 86.6 Å². The maximum atomic E-state index is 13.0. The van der Waals surface area contributed by atoms with Crippen molar-refractivity contribution in [2.75, 3.05) is 70.1 Å². The van der Waals surface area contributed by atoms with Gasteiger partial charge in [-0.1, -0.05) is 81.4 Å². The molecular weight excluding hydrogens is 1180 g/mol. The largest absolute Gasteiger partial charge is 0.382 e. The van der Waals surface area contributed by atoms with E-state index in [0.29, 0.717) is 74.4 Å². The Kier molecular flexibility index (Phi) is 36.5. The Labute approximate surface area is 509 Å². The Hall–Kier alpha value is -7.54. The molecule has 454 valence electrons. The highest BCUT2D eigenvalue weighted by Gasteiger charge is 2.10. The number of anilines is 7. The minimum Gasteiger partial charge on any atom is -0.382 e. The third-order valence-electron chi connectivity index (χ3n) is 10.5. The summed E-state index contributed by atoms with van der Waals surface area (Å²) in [7, 11) is 0. The monoisotopic (exact) mass is 1250 g/mol. The van der Waals surface area contributed by atoms with E-state index in [-0.39, 0.29) is 64.5 Å². The summed E-state index contributed by atoms with van der Waals surface area (Å²) in [6, 6.07) is 31.1. The van der Waals surface area contributed by atoms with Crippen LogP contribution in [0.1, 0.15) is 81.7 Å². The summed E-state index contributed by atoms with van der Waals surface area (Å²) < 4.78 is 69.1. The summed E-state index contributed by atoms with van der Waals surface area (Å²) in [5.74, 6) is 1.63. The second-order valence-electron chi connectivity index (χ2n) is 17.1. The first-order valence-corrected chi connectivity index (χ1v) is 27.2. The third kappa shape index (κ3) is 30.7. The Morgan fingerprint density at radius 2 is 0.548 bits per heavy atom. The summed E-state index contributed by atoms with van der Waals surface area (Å²) in [6.07, 6.45) is 2.85. The van der Waals surface area contributed by atoms with Crippen LogP contribution in [0.4, 0.5) is 63.6 Å². The zero-order chi connectivity index (χ0) is 59.3. The Morgan fingerprint density at radius 1 is 0.333 bits per heavy atom. The molecule has 9 N–H and O–H groups in total. The van der Waals surface area contributed by atoms with Crippen LogP contribution in [-0.4, -0.2) is 77.7 Å². The smallest absolute Gasteiger partial charge is 0.229 e. The quantitative estimate of drug-likeness (QED) is 0.0263. The van der Waals surface area contributed by atoms with E-state index in [4.69, 9.17) is 33.7 Å². The zero-order valence-corrected chi connectivity index (χ0v) is 50.4. The van der Waals surface area contributed by atoms with E-state index in [1.807, 2.05) is 20.8 Å². The standard InChI is InChI=1S/2C20H22F2N6.C7H8FN.C6H8Cl2N4.C4H10O.2ClH/c2*1-2-11-23-18-26-19(24-12-14-3-7-16(21)8-4-14)28-20(27-18)25-13-15-5-9-17(22)10-6-15;8-7-3-1-6(5-9)2-4-7;1-2-3-9-6-11-4(7)10-5(8)12-6;1-3-5-4-2;;/h2*3-10H,2,11-13H2,1H3,(H3,23,24,25,26,27,28);1-4H,5,9H2;2-3H2,1H3,(H,9,10,11,12);3-4H2,1-2H3;2*1H. The second kappa shape index (κ2) is 42.3. The van der Waals surface area contributed by atoms with Crippen LogP contribution in [0.5, 0.6) is 0 Å². The fraction of sp³-hybridized carbons (Fsp3) is 0.316. The van der Waals surface area contributed by atoms with Crippen LogP contribution < -0.4 is 43.0 Å². The number of ether oxygens (including phenoxy) is 1. The second-order valence-corrected chi connectivity index (χ2v) is 17.8. The number of rotatable bonds is 24. The summed E-state index contributed by atoms with van der Waals surface area (Å²) in [5.41, 5.74) is 9.86. The summed E-state index contributed by atoms with van der Waals surface area (Å²) in [4.78, 5) is 37.4. The Balaban J connectivity index is 0.000000399. The summed E-state index contributed by atoms with van der Waals surface area (Å²) in [5, 5.41) is 22.0. The lowest BCUT2D eigenvalue weighted by Gasteiger charge is -2.11. The van der Waals surface area contributed by atoms with Crippen molar-refractivity contribution in [3.05, 3.63) is 189 Å². The van der Waals surface area contributed by atoms with Gasteiger partial charge in [0, 0.05) is 65.6 Å². The Bertz CT molecular complexity index is 2720. The van der Waals surface area contributed by atoms with E-state index in [9.17, 15) is 22.0 Å². The minimum atomic E-state index is -0.276. The number of nitrogens with one attached hydrogen (secondary N) is 7. The minimum absolute atomic E-state index is 0. The summed E-state index contributed by atoms with van der Waals surface area (Å²) in [6.45, 7) is 16.4. The first-order valence-electron chi connectivity index (χ1n) is 26.5. The number of nitrogens with two attached hydrogens (primary N) is 1. The van der Waals surface area contributed by atoms with Gasteiger partial charge in [-0.2, -0.15) is 44.9 Å². The van der Waals surface area contributed by atoms with Crippen LogP contribution >= 0.6 is 48.0 Å². The van der Waals surface area contributed by atoms with E-state index >= 15 is 0 Å². The number of hydrogen-bond acceptors (Lipinski definition) is 18. The van der Waals surface area contributed by atoms with Gasteiger partial charge in [-0.05, 0) is 145 Å². The molecule has 8 rings (SSSR count). The highest BCUT2D eigenvalue weighted by atomic mass is 35.5. The van der Waals surface area contributed by atoms with Gasteiger partial charge in [-0.3, -0.25) is 0 Å². The molecule has 0 spiro atoms. The molecule has 18 nitrogen and oxygen atoms in total. The molecule has 0 radical (unpaired) electrons. The van der Waals surface area contributed by atoms with Crippen molar-refractivity contribution in [2.24, 2.45) is 5.73 Å². The van der Waals surface area contributed by atoms with E-state index in [1.54, 1.807) is 60.7 Å². The first kappa shape index (κ1) is 72.6. The van der Waals surface area contributed by atoms with Crippen LogP contribution in [0.3, 0.4) is 0 Å². The molecule has 84 heavy (non-hydrogen) atoms. The first-order chi connectivity index (χ1) is 39.7. The lowest BCUT2D eigenvalue weighted by Crippen LogP contribution is -2.13. The maximum absolute atomic E-state index is 13.0. The van der Waals surface area contributed by atoms with Crippen molar-refractivity contribution in [1.29, 1.82) is 0 Å². The van der Waals surface area contributed by atoms with Crippen molar-refractivity contribution in [3.63, 3.8) is 0 Å². The van der Waals surface area contributed by atoms with Crippen molar-refractivity contribution >= 4 is 89.7 Å². The van der Waals surface area contributed by atoms with Gasteiger partial charge in [-0.15, -0.1) is 24.8 Å². The number of hydrogen-bond donors (Lipinski definition) is 8. The molecule has 0 aliphatic heterocycles. The molecule has 0 saturated carbocycles. The Morgan fingerprint density at radius 3 is 0.750 bits per heavy atom. The zero-order valence-electron chi connectivity index (χ0n) is 47.2. The molecule has 0 aliphatic rings. The fourth-order valence-electron chi connectivity index (χ4n) is 6.30. The molecule has 0 aliphatic carbocycles. The van der Waals surface area contributed by atoms with Gasteiger partial charge in [0.15, 0.2) is 0 Å². The van der Waals surface area contributed by atoms with Gasteiger partial charge < -0.3 is 47.7 Å². The lowest BCUT2D eigenvalue weighted by molar-refractivity contribution is 0.162. The molecule has 0 atom stereocenters. The molecule has 0 bridgehead atoms. The van der Waals surface area contributed by atoms with Crippen LogP contribution in [0.2, 0.25) is 10.6 Å². The molecule has 0 fully saturated rings. The normalized spacial score (nSPS) is 9.96. The van der Waals surface area contributed by atoms with Crippen LogP contribution in [0, 0.1) is 29.1 Å². The van der Waals surface area contributed by atoms with Crippen LogP contribution in [-0.2, 0) is 37.5 Å². The average molecular weight is 1250 g/mol. The van der Waals surface area contributed by atoms with E-state index in [1.165, 1.54) is 60.7 Å². The van der Waals surface area contributed by atoms with Crippen molar-refractivity contribution in [3.8, 4) is 0 Å². The molecule has 0 amide bonds. The van der Waals surface area contributed by atoms with Gasteiger partial charge in [0.1, 0.15) is 29.1 Å². The van der Waals surface area contributed by atoms with Crippen molar-refractivity contribution in [1.82, 2.24) is 44.9 Å². The SMILES string of the molecule is CCCNc1nc(Cl)nc(Cl)n1.CCCNc1nc(NCc2ccc(F)cc2)nc(NCc2ccc(F)cc2)n1.CCCNc1nc(NCc2ccc(F)cc2)nc(NCc2ccc(F)cc2)n1.CCOCC.Cl.Cl.NCc1ccc(F)cc1. The summed E-state index contributed by atoms with van der Waals surface area (Å²) >= 11 is 11.1. The molecule has 0 unspecified atom stereocenters. The molecule has 8 aromatic rings. The highest BCUT2D eigenvalue weighted by molar-refractivity contribution is 6.31. The number of halogens is 9. The molecule has 0 saturated heterocycles. The fourth-order valence-corrected chi connectivity index (χ4v) is 6.66.